The predicted octanol–water partition coefficient (Wildman–Crippen LogP) is 2.70. The van der Waals surface area contributed by atoms with Crippen molar-refractivity contribution in [1.82, 2.24) is 4.98 Å². The van der Waals surface area contributed by atoms with Crippen molar-refractivity contribution in [2.24, 2.45) is 0 Å². The van der Waals surface area contributed by atoms with E-state index in [9.17, 15) is 0 Å². The van der Waals surface area contributed by atoms with Crippen molar-refractivity contribution in [2.75, 3.05) is 6.61 Å². The summed E-state index contributed by atoms with van der Waals surface area (Å²) in [5, 5.41) is 8.71. The smallest absolute Gasteiger partial charge is 0.130 e. The van der Waals surface area contributed by atoms with Gasteiger partial charge in [-0.1, -0.05) is 17.9 Å². The number of nitrogens with zero attached hydrogens (tertiary/aromatic N) is 1. The minimum absolute atomic E-state index is 0.0946. The molecular weight excluding hydrogens is 250 g/mol. The molecular formula is C17H17NO2. The van der Waals surface area contributed by atoms with Gasteiger partial charge in [0.1, 0.15) is 12.4 Å². The first-order valence-corrected chi connectivity index (χ1v) is 6.52. The summed E-state index contributed by atoms with van der Waals surface area (Å²) >= 11 is 0. The first-order chi connectivity index (χ1) is 9.79. The summed E-state index contributed by atoms with van der Waals surface area (Å²) in [6.45, 7) is 2.55. The molecule has 1 N–H and O–H groups in total. The third kappa shape index (κ3) is 4.11. The van der Waals surface area contributed by atoms with Crippen LogP contribution in [0.4, 0.5) is 0 Å². The molecule has 1 aromatic heterocycles. The van der Waals surface area contributed by atoms with E-state index in [4.69, 9.17) is 9.84 Å². The van der Waals surface area contributed by atoms with Gasteiger partial charge in [0.05, 0.1) is 12.3 Å². The second kappa shape index (κ2) is 7.32. The van der Waals surface area contributed by atoms with E-state index in [1.54, 1.807) is 6.20 Å². The van der Waals surface area contributed by atoms with Gasteiger partial charge in [-0.25, -0.2) is 0 Å². The first kappa shape index (κ1) is 14.1. The minimum atomic E-state index is 0.0946. The molecule has 1 aromatic carbocycles. The Labute approximate surface area is 119 Å². The number of benzene rings is 1. The topological polar surface area (TPSA) is 42.4 Å². The zero-order valence-corrected chi connectivity index (χ0v) is 11.5. The second-order valence-corrected chi connectivity index (χ2v) is 4.36. The maximum atomic E-state index is 8.71. The number of ether oxygens (including phenoxy) is 1. The summed E-state index contributed by atoms with van der Waals surface area (Å²) in [7, 11) is 0. The van der Waals surface area contributed by atoms with Gasteiger partial charge in [-0.05, 0) is 42.8 Å². The Balaban J connectivity index is 2.01. The van der Waals surface area contributed by atoms with Gasteiger partial charge in [-0.3, -0.25) is 4.98 Å². The van der Waals surface area contributed by atoms with E-state index in [-0.39, 0.29) is 6.61 Å². The zero-order chi connectivity index (χ0) is 14.2. The van der Waals surface area contributed by atoms with Crippen molar-refractivity contribution in [1.29, 1.82) is 0 Å². The van der Waals surface area contributed by atoms with Crippen LogP contribution in [-0.2, 0) is 6.61 Å². The van der Waals surface area contributed by atoms with Gasteiger partial charge in [0, 0.05) is 18.2 Å². The molecule has 0 aliphatic carbocycles. The van der Waals surface area contributed by atoms with Gasteiger partial charge in [0.2, 0.25) is 0 Å². The van der Waals surface area contributed by atoms with Gasteiger partial charge in [-0.15, -0.1) is 0 Å². The number of hydrogen-bond acceptors (Lipinski definition) is 3. The van der Waals surface area contributed by atoms with E-state index in [0.29, 0.717) is 13.0 Å². The van der Waals surface area contributed by atoms with Crippen LogP contribution in [0.5, 0.6) is 5.75 Å². The van der Waals surface area contributed by atoms with Crippen molar-refractivity contribution in [3.63, 3.8) is 0 Å². The van der Waals surface area contributed by atoms with Crippen LogP contribution < -0.4 is 4.74 Å². The van der Waals surface area contributed by atoms with Crippen molar-refractivity contribution in [3.05, 3.63) is 59.4 Å². The minimum Gasteiger partial charge on any atom is -0.487 e. The van der Waals surface area contributed by atoms with Gasteiger partial charge in [0.15, 0.2) is 0 Å². The molecule has 0 aliphatic heterocycles. The Bertz CT molecular complexity index is 612. The van der Waals surface area contributed by atoms with E-state index >= 15 is 0 Å². The van der Waals surface area contributed by atoms with Crippen LogP contribution in [0.2, 0.25) is 0 Å². The zero-order valence-electron chi connectivity index (χ0n) is 11.5. The molecule has 0 aliphatic rings. The quantitative estimate of drug-likeness (QED) is 0.866. The third-order valence-corrected chi connectivity index (χ3v) is 2.77. The maximum absolute atomic E-state index is 8.71. The number of hydrogen-bond donors (Lipinski definition) is 1. The molecule has 2 rings (SSSR count). The number of aryl methyl sites for hydroxylation is 1. The first-order valence-electron chi connectivity index (χ1n) is 6.52. The molecule has 0 radical (unpaired) electrons. The number of pyridine rings is 1. The van der Waals surface area contributed by atoms with Crippen LogP contribution in [0.1, 0.15) is 23.2 Å². The molecule has 0 bridgehead atoms. The molecule has 0 atom stereocenters. The summed E-state index contributed by atoms with van der Waals surface area (Å²) in [4.78, 5) is 4.21. The maximum Gasteiger partial charge on any atom is 0.130 e. The third-order valence-electron chi connectivity index (χ3n) is 2.77. The lowest BCUT2D eigenvalue weighted by Gasteiger charge is -2.07. The number of aliphatic hydroxyl groups excluding tert-OH is 1. The van der Waals surface area contributed by atoms with Crippen molar-refractivity contribution < 1.29 is 9.84 Å². The molecule has 0 unspecified atom stereocenters. The average Bonchev–Trinajstić information content (AvgIpc) is 2.48. The molecule has 2 aromatic rings. The highest BCUT2D eigenvalue weighted by Crippen LogP contribution is 2.17. The van der Waals surface area contributed by atoms with Crippen LogP contribution in [0.25, 0.3) is 0 Å². The summed E-state index contributed by atoms with van der Waals surface area (Å²) in [5.41, 5.74) is 2.93. The molecule has 3 nitrogen and oxygen atoms in total. The van der Waals surface area contributed by atoms with E-state index in [1.165, 1.54) is 0 Å². The largest absolute Gasteiger partial charge is 0.487 e. The fourth-order valence-electron chi connectivity index (χ4n) is 1.72. The molecule has 0 saturated heterocycles. The molecule has 0 amide bonds. The van der Waals surface area contributed by atoms with E-state index < -0.39 is 0 Å². The summed E-state index contributed by atoms with van der Waals surface area (Å²) < 4.78 is 5.70. The fourth-order valence-corrected chi connectivity index (χ4v) is 1.72. The molecule has 20 heavy (non-hydrogen) atoms. The molecule has 3 heteroatoms. The standard InChI is InChI=1S/C17H17NO2/c1-14-12-17(9-8-15(14)6-3-5-11-19)20-13-16-7-2-4-10-18-16/h2,4,7-10,12,19H,5,11,13H2,1H3. The van der Waals surface area contributed by atoms with Gasteiger partial charge in [0.25, 0.3) is 0 Å². The van der Waals surface area contributed by atoms with Crippen LogP contribution in [0.15, 0.2) is 42.6 Å². The number of aliphatic hydroxyl groups is 1. The number of rotatable bonds is 4. The van der Waals surface area contributed by atoms with Crippen molar-refractivity contribution in [2.45, 2.75) is 20.0 Å². The Morgan fingerprint density at radius 2 is 2.15 bits per heavy atom. The fraction of sp³-hybridized carbons (Fsp3) is 0.235. The molecule has 0 fully saturated rings. The SMILES string of the molecule is Cc1cc(OCc2ccccn2)ccc1C#CCCO. The van der Waals surface area contributed by atoms with Gasteiger partial charge in [-0.2, -0.15) is 0 Å². The lowest BCUT2D eigenvalue weighted by molar-refractivity contribution is 0.301. The van der Waals surface area contributed by atoms with Gasteiger partial charge < -0.3 is 9.84 Å². The van der Waals surface area contributed by atoms with Crippen LogP contribution in [0, 0.1) is 18.8 Å². The highest BCUT2D eigenvalue weighted by Gasteiger charge is 2.00. The van der Waals surface area contributed by atoms with Crippen molar-refractivity contribution >= 4 is 0 Å². The highest BCUT2D eigenvalue weighted by molar-refractivity contribution is 5.44. The van der Waals surface area contributed by atoms with Crippen LogP contribution in [0.3, 0.4) is 0 Å². The van der Waals surface area contributed by atoms with Crippen LogP contribution in [-0.4, -0.2) is 16.7 Å². The van der Waals surface area contributed by atoms with Gasteiger partial charge >= 0.3 is 0 Å². The molecule has 102 valence electrons. The Kier molecular flexibility index (Phi) is 5.16. The average molecular weight is 267 g/mol. The Hall–Kier alpha value is -2.31. The molecule has 0 spiro atoms. The second-order valence-electron chi connectivity index (χ2n) is 4.36. The van der Waals surface area contributed by atoms with Crippen LogP contribution >= 0.6 is 0 Å². The normalized spacial score (nSPS) is 9.70. The summed E-state index contributed by atoms with van der Waals surface area (Å²) in [5.74, 6) is 6.76. The van der Waals surface area contributed by atoms with E-state index in [1.807, 2.05) is 43.3 Å². The molecule has 1 heterocycles. The van der Waals surface area contributed by atoms with E-state index in [2.05, 4.69) is 16.8 Å². The van der Waals surface area contributed by atoms with Crippen molar-refractivity contribution in [3.8, 4) is 17.6 Å². The number of aromatic nitrogens is 1. The Morgan fingerprint density at radius 3 is 2.85 bits per heavy atom. The molecule has 0 saturated carbocycles. The summed E-state index contributed by atoms with van der Waals surface area (Å²) in [6, 6.07) is 11.6. The predicted molar refractivity (Wildman–Crippen MR) is 78.3 cm³/mol. The lowest BCUT2D eigenvalue weighted by atomic mass is 10.1. The Morgan fingerprint density at radius 1 is 1.25 bits per heavy atom. The monoisotopic (exact) mass is 267 g/mol. The highest BCUT2D eigenvalue weighted by atomic mass is 16.5. The summed E-state index contributed by atoms with van der Waals surface area (Å²) in [6.07, 6.45) is 2.25. The lowest BCUT2D eigenvalue weighted by Crippen LogP contribution is -1.98. The van der Waals surface area contributed by atoms with E-state index in [0.717, 1.165) is 22.6 Å².